The molecular weight excluding hydrogens is 120 g/mol. The molecule has 0 saturated carbocycles. The fourth-order valence-electron chi connectivity index (χ4n) is 1.05. The second-order valence-corrected chi connectivity index (χ2v) is 2.32. The highest BCUT2D eigenvalue weighted by molar-refractivity contribution is 4.71. The number of ether oxygens (including phenoxy) is 1. The van der Waals surface area contributed by atoms with Gasteiger partial charge in [-0.3, -0.25) is 0 Å². The smallest absolute Gasteiger partial charge is 0.0811 e. The van der Waals surface area contributed by atoms with Gasteiger partial charge in [-0.1, -0.05) is 0 Å². The highest BCUT2D eigenvalue weighted by Gasteiger charge is 2.23. The molecule has 1 aliphatic heterocycles. The minimum Gasteiger partial charge on any atom is -0.394 e. The van der Waals surface area contributed by atoms with Gasteiger partial charge in [-0.15, -0.1) is 0 Å². The normalized spacial score (nSPS) is 35.3. The van der Waals surface area contributed by atoms with Crippen LogP contribution in [0, 0.1) is 0 Å². The third-order valence-corrected chi connectivity index (χ3v) is 1.60. The van der Waals surface area contributed by atoms with Gasteiger partial charge < -0.3 is 14.9 Å². The van der Waals surface area contributed by atoms with Gasteiger partial charge in [0, 0.05) is 0 Å². The molecule has 0 amide bonds. The van der Waals surface area contributed by atoms with Crippen molar-refractivity contribution in [2.24, 2.45) is 0 Å². The molecule has 1 aliphatic rings. The molecule has 54 valence electrons. The number of aliphatic hydroxyl groups excluding tert-OH is 2. The maximum atomic E-state index is 8.57. The van der Waals surface area contributed by atoms with Gasteiger partial charge in [0.25, 0.3) is 0 Å². The van der Waals surface area contributed by atoms with Crippen LogP contribution in [-0.2, 0) is 4.74 Å². The van der Waals surface area contributed by atoms with Gasteiger partial charge in [0.15, 0.2) is 0 Å². The molecule has 0 radical (unpaired) electrons. The maximum absolute atomic E-state index is 8.57. The summed E-state index contributed by atoms with van der Waals surface area (Å²) in [5, 5.41) is 17.1. The van der Waals surface area contributed by atoms with Crippen LogP contribution in [0.1, 0.15) is 12.8 Å². The van der Waals surface area contributed by atoms with E-state index in [4.69, 9.17) is 14.9 Å². The zero-order valence-electron chi connectivity index (χ0n) is 5.29. The predicted octanol–water partition coefficient (Wildman–Crippen LogP) is -0.481. The Bertz CT molecular complexity index is 74.4. The van der Waals surface area contributed by atoms with Crippen LogP contribution in [-0.4, -0.2) is 35.6 Å². The van der Waals surface area contributed by atoms with Crippen molar-refractivity contribution in [3.63, 3.8) is 0 Å². The lowest BCUT2D eigenvalue weighted by atomic mass is 10.2. The third-order valence-electron chi connectivity index (χ3n) is 1.60. The summed E-state index contributed by atoms with van der Waals surface area (Å²) in [5.74, 6) is 0. The molecule has 9 heavy (non-hydrogen) atoms. The fraction of sp³-hybridized carbons (Fsp3) is 1.00. The lowest BCUT2D eigenvalue weighted by molar-refractivity contribution is -0.0119. The van der Waals surface area contributed by atoms with E-state index < -0.39 is 0 Å². The van der Waals surface area contributed by atoms with Crippen molar-refractivity contribution in [1.29, 1.82) is 0 Å². The van der Waals surface area contributed by atoms with Crippen molar-refractivity contribution in [2.45, 2.75) is 25.0 Å². The van der Waals surface area contributed by atoms with Crippen molar-refractivity contribution in [3.05, 3.63) is 0 Å². The highest BCUT2D eigenvalue weighted by Crippen LogP contribution is 2.17. The van der Waals surface area contributed by atoms with Gasteiger partial charge in [-0.25, -0.2) is 0 Å². The molecule has 3 heteroatoms. The Labute approximate surface area is 54.3 Å². The molecule has 1 saturated heterocycles. The van der Waals surface area contributed by atoms with Crippen LogP contribution in [0.4, 0.5) is 0 Å². The van der Waals surface area contributed by atoms with E-state index in [1.807, 2.05) is 0 Å². The largest absolute Gasteiger partial charge is 0.394 e. The van der Waals surface area contributed by atoms with Crippen molar-refractivity contribution >= 4 is 0 Å². The lowest BCUT2D eigenvalue weighted by Gasteiger charge is -2.07. The summed E-state index contributed by atoms with van der Waals surface area (Å²) >= 11 is 0. The predicted molar refractivity (Wildman–Crippen MR) is 32.1 cm³/mol. The Hall–Kier alpha value is -0.120. The number of aliphatic hydroxyl groups is 2. The SMILES string of the molecule is OC[C@H]1CC[C@H](CO)O1. The molecule has 0 aromatic heterocycles. The molecule has 0 unspecified atom stereocenters. The first-order valence-corrected chi connectivity index (χ1v) is 3.24. The number of hydrogen-bond donors (Lipinski definition) is 2. The van der Waals surface area contributed by atoms with Crippen LogP contribution in [0.2, 0.25) is 0 Å². The molecule has 1 heterocycles. The topological polar surface area (TPSA) is 49.7 Å². The molecule has 1 fully saturated rings. The minimum atomic E-state index is -0.0258. The summed E-state index contributed by atoms with van der Waals surface area (Å²) in [7, 11) is 0. The second-order valence-electron chi connectivity index (χ2n) is 2.32. The van der Waals surface area contributed by atoms with E-state index in [9.17, 15) is 0 Å². The van der Waals surface area contributed by atoms with Crippen LogP contribution in [0.25, 0.3) is 0 Å². The average Bonchev–Trinajstić information content (AvgIpc) is 2.34. The van der Waals surface area contributed by atoms with E-state index >= 15 is 0 Å². The molecular formula is C6H12O3. The van der Waals surface area contributed by atoms with Crippen LogP contribution >= 0.6 is 0 Å². The van der Waals surface area contributed by atoms with Crippen LogP contribution in [0.15, 0.2) is 0 Å². The molecule has 0 aromatic rings. The van der Waals surface area contributed by atoms with Crippen molar-refractivity contribution in [1.82, 2.24) is 0 Å². The van der Waals surface area contributed by atoms with Crippen molar-refractivity contribution < 1.29 is 14.9 Å². The Balaban J connectivity index is 2.20. The Morgan fingerprint density at radius 2 is 1.56 bits per heavy atom. The summed E-state index contributed by atoms with van der Waals surface area (Å²) < 4.78 is 5.16. The van der Waals surface area contributed by atoms with E-state index in [-0.39, 0.29) is 25.4 Å². The Kier molecular flexibility index (Phi) is 2.45. The van der Waals surface area contributed by atoms with Gasteiger partial charge in [-0.2, -0.15) is 0 Å². The zero-order valence-corrected chi connectivity index (χ0v) is 5.29. The van der Waals surface area contributed by atoms with Crippen molar-refractivity contribution in [2.75, 3.05) is 13.2 Å². The fourth-order valence-corrected chi connectivity index (χ4v) is 1.05. The minimum absolute atomic E-state index is 0.0258. The number of rotatable bonds is 2. The molecule has 1 rings (SSSR count). The lowest BCUT2D eigenvalue weighted by Crippen LogP contribution is -2.16. The summed E-state index contributed by atoms with van der Waals surface area (Å²) in [4.78, 5) is 0. The quantitative estimate of drug-likeness (QED) is 0.533. The Morgan fingerprint density at radius 1 is 1.11 bits per heavy atom. The molecule has 0 aliphatic carbocycles. The van der Waals surface area contributed by atoms with Gasteiger partial charge >= 0.3 is 0 Å². The van der Waals surface area contributed by atoms with E-state index in [0.29, 0.717) is 0 Å². The third kappa shape index (κ3) is 1.64. The van der Waals surface area contributed by atoms with Gasteiger partial charge in [0.05, 0.1) is 25.4 Å². The monoisotopic (exact) mass is 132 g/mol. The standard InChI is InChI=1S/C6H12O3/c7-3-5-1-2-6(4-8)9-5/h5-8H,1-4H2/t5-,6-/m1/s1. The molecule has 0 bridgehead atoms. The summed E-state index contributed by atoms with van der Waals surface area (Å²) in [6, 6.07) is 0. The summed E-state index contributed by atoms with van der Waals surface area (Å²) in [5.41, 5.74) is 0. The first-order chi connectivity index (χ1) is 4.36. The first-order valence-electron chi connectivity index (χ1n) is 3.24. The van der Waals surface area contributed by atoms with Gasteiger partial charge in [0.1, 0.15) is 0 Å². The van der Waals surface area contributed by atoms with Crippen LogP contribution in [0.5, 0.6) is 0 Å². The molecule has 0 spiro atoms. The van der Waals surface area contributed by atoms with E-state index in [0.717, 1.165) is 12.8 Å². The average molecular weight is 132 g/mol. The first kappa shape index (κ1) is 6.99. The maximum Gasteiger partial charge on any atom is 0.0811 e. The molecule has 2 N–H and O–H groups in total. The van der Waals surface area contributed by atoms with E-state index in [1.165, 1.54) is 0 Å². The molecule has 0 aromatic carbocycles. The van der Waals surface area contributed by atoms with E-state index in [1.54, 1.807) is 0 Å². The van der Waals surface area contributed by atoms with Crippen molar-refractivity contribution in [3.8, 4) is 0 Å². The van der Waals surface area contributed by atoms with Crippen LogP contribution in [0.3, 0.4) is 0 Å². The van der Waals surface area contributed by atoms with Gasteiger partial charge in [-0.05, 0) is 12.8 Å². The zero-order chi connectivity index (χ0) is 6.69. The van der Waals surface area contributed by atoms with Gasteiger partial charge in [0.2, 0.25) is 0 Å². The molecule has 2 atom stereocenters. The Morgan fingerprint density at radius 3 is 1.78 bits per heavy atom. The summed E-state index contributed by atoms with van der Waals surface area (Å²) in [6.45, 7) is 0.160. The number of hydrogen-bond acceptors (Lipinski definition) is 3. The second kappa shape index (κ2) is 3.15. The summed E-state index contributed by atoms with van der Waals surface area (Å²) in [6.07, 6.45) is 1.70. The highest BCUT2D eigenvalue weighted by atomic mass is 16.5. The van der Waals surface area contributed by atoms with E-state index in [2.05, 4.69) is 0 Å². The molecule has 3 nitrogen and oxygen atoms in total. The van der Waals surface area contributed by atoms with Crippen LogP contribution < -0.4 is 0 Å².